The number of fused-ring (bicyclic) bond motifs is 10. The normalized spacial score (nSPS) is 57.5. The van der Waals surface area contributed by atoms with E-state index in [9.17, 15) is 0 Å². The van der Waals surface area contributed by atoms with Crippen molar-refractivity contribution in [3.63, 3.8) is 0 Å². The third kappa shape index (κ3) is 3.64. The van der Waals surface area contributed by atoms with E-state index in [4.69, 9.17) is 10.2 Å². The molecule has 0 aromatic heterocycles. The van der Waals surface area contributed by atoms with Gasteiger partial charge < -0.3 is 0 Å². The molecule has 12 atom stereocenters. The minimum Gasteiger partial charge on any atom is -0.160 e. The molecule has 0 heterocycles. The first kappa shape index (κ1) is 26.9. The van der Waals surface area contributed by atoms with Crippen molar-refractivity contribution in [1.82, 2.24) is 0 Å². The van der Waals surface area contributed by atoms with E-state index in [-0.39, 0.29) is 0 Å². The van der Waals surface area contributed by atoms with Crippen molar-refractivity contribution in [1.29, 1.82) is 0 Å². The van der Waals surface area contributed by atoms with Crippen LogP contribution in [0.1, 0.15) is 156 Å². The van der Waals surface area contributed by atoms with Crippen LogP contribution in [0, 0.1) is 69.0 Å². The van der Waals surface area contributed by atoms with Gasteiger partial charge in [0, 0.05) is 22.3 Å². The monoisotopic (exact) mass is 544 g/mol. The van der Waals surface area contributed by atoms with Crippen LogP contribution in [0.3, 0.4) is 0 Å². The molecular formula is C38H60N2. The summed E-state index contributed by atoms with van der Waals surface area (Å²) in [5, 5.41) is 10.6. The fraction of sp³-hybridized carbons (Fsp3) is 0.947. The number of hydrogen-bond acceptors (Lipinski definition) is 2. The Morgan fingerprint density at radius 1 is 0.450 bits per heavy atom. The van der Waals surface area contributed by atoms with Gasteiger partial charge >= 0.3 is 0 Å². The molecule has 0 saturated heterocycles. The SMILES string of the molecule is C[C@]12CCCC[C@H]1CC[C@@H]1[C@@H]2CC[C@]2(C)/C(=N\N=C3\CC[C@H]4[C@H]5CC[C@H]6CCCC[C@]6(C)[C@H]5CC[C@@]34C)CC[C@@H]12. The van der Waals surface area contributed by atoms with Crippen molar-refractivity contribution in [2.24, 2.45) is 79.2 Å². The molecule has 0 aromatic rings. The van der Waals surface area contributed by atoms with Crippen molar-refractivity contribution >= 4 is 11.4 Å². The topological polar surface area (TPSA) is 24.7 Å². The Morgan fingerprint density at radius 3 is 1.35 bits per heavy atom. The summed E-state index contributed by atoms with van der Waals surface area (Å²) in [7, 11) is 0. The molecule has 2 nitrogen and oxygen atoms in total. The summed E-state index contributed by atoms with van der Waals surface area (Å²) in [5.41, 5.74) is 4.96. The Hall–Kier alpha value is -0.660. The zero-order valence-electron chi connectivity index (χ0n) is 26.7. The molecule has 0 spiro atoms. The van der Waals surface area contributed by atoms with Gasteiger partial charge in [0.1, 0.15) is 0 Å². The van der Waals surface area contributed by atoms with Crippen molar-refractivity contribution in [2.45, 2.75) is 156 Å². The molecule has 8 fully saturated rings. The van der Waals surface area contributed by atoms with Gasteiger partial charge in [0.15, 0.2) is 0 Å². The Kier molecular flexibility index (Phi) is 6.34. The Balaban J connectivity index is 1.02. The summed E-state index contributed by atoms with van der Waals surface area (Å²) >= 11 is 0. The van der Waals surface area contributed by atoms with Gasteiger partial charge in [0.05, 0.1) is 0 Å². The van der Waals surface area contributed by atoms with E-state index in [1.54, 1.807) is 0 Å². The summed E-state index contributed by atoms with van der Waals surface area (Å²) in [4.78, 5) is 0. The molecular weight excluding hydrogens is 484 g/mol. The van der Waals surface area contributed by atoms with Gasteiger partial charge in [-0.1, -0.05) is 53.4 Å². The Morgan fingerprint density at radius 2 is 0.900 bits per heavy atom. The molecule has 0 aliphatic heterocycles. The van der Waals surface area contributed by atoms with E-state index in [2.05, 4.69) is 27.7 Å². The van der Waals surface area contributed by atoms with Crippen molar-refractivity contribution < 1.29 is 0 Å². The maximum absolute atomic E-state index is 5.32. The fourth-order valence-electron chi connectivity index (χ4n) is 14.6. The van der Waals surface area contributed by atoms with Crippen LogP contribution in [0.2, 0.25) is 0 Å². The fourth-order valence-corrected chi connectivity index (χ4v) is 14.6. The lowest BCUT2D eigenvalue weighted by atomic mass is 9.45. The lowest BCUT2D eigenvalue weighted by Gasteiger charge is -2.60. The highest BCUT2D eigenvalue weighted by atomic mass is 15.2. The van der Waals surface area contributed by atoms with Crippen LogP contribution in [-0.2, 0) is 0 Å². The molecule has 8 rings (SSSR count). The Labute approximate surface area is 246 Å². The second-order valence-electron chi connectivity index (χ2n) is 17.9. The molecule has 0 aromatic carbocycles. The minimum absolute atomic E-state index is 0.327. The van der Waals surface area contributed by atoms with Gasteiger partial charge in [-0.2, -0.15) is 10.2 Å². The van der Waals surface area contributed by atoms with Gasteiger partial charge in [0.2, 0.25) is 0 Å². The first-order valence-corrected chi connectivity index (χ1v) is 18.4. The van der Waals surface area contributed by atoms with Crippen LogP contribution >= 0.6 is 0 Å². The zero-order chi connectivity index (χ0) is 27.3. The zero-order valence-corrected chi connectivity index (χ0v) is 26.7. The van der Waals surface area contributed by atoms with Gasteiger partial charge in [-0.25, -0.2) is 0 Å². The first-order chi connectivity index (χ1) is 19.3. The maximum Gasteiger partial charge on any atom is 0.0467 e. The number of nitrogens with zero attached hydrogens (tertiary/aromatic N) is 2. The van der Waals surface area contributed by atoms with Gasteiger partial charge in [-0.15, -0.1) is 0 Å². The minimum atomic E-state index is 0.327. The smallest absolute Gasteiger partial charge is 0.0467 e. The second kappa shape index (κ2) is 9.42. The molecule has 222 valence electrons. The molecule has 8 saturated carbocycles. The Bertz CT molecular complexity index is 989. The van der Waals surface area contributed by atoms with Crippen LogP contribution in [-0.4, -0.2) is 11.4 Å². The molecule has 8 aliphatic carbocycles. The van der Waals surface area contributed by atoms with Crippen molar-refractivity contribution in [2.75, 3.05) is 0 Å². The summed E-state index contributed by atoms with van der Waals surface area (Å²) in [6.07, 6.45) is 29.0. The van der Waals surface area contributed by atoms with Gasteiger partial charge in [-0.05, 0) is 161 Å². The highest BCUT2D eigenvalue weighted by Crippen LogP contribution is 2.67. The summed E-state index contributed by atoms with van der Waals surface area (Å²) in [6.45, 7) is 10.7. The summed E-state index contributed by atoms with van der Waals surface area (Å²) in [5.74, 6) is 7.68. The predicted octanol–water partition coefficient (Wildman–Crippen LogP) is 10.6. The lowest BCUT2D eigenvalue weighted by Crippen LogP contribution is -2.53. The third-order valence-corrected chi connectivity index (χ3v) is 16.9. The molecule has 8 aliphatic rings. The largest absolute Gasteiger partial charge is 0.160 e. The molecule has 0 amide bonds. The average Bonchev–Trinajstić information content (AvgIpc) is 3.47. The maximum atomic E-state index is 5.32. The lowest BCUT2D eigenvalue weighted by molar-refractivity contribution is -0.0938. The van der Waals surface area contributed by atoms with E-state index in [1.807, 2.05) is 0 Å². The average molecular weight is 545 g/mol. The second-order valence-corrected chi connectivity index (χ2v) is 17.9. The van der Waals surface area contributed by atoms with Crippen molar-refractivity contribution in [3.05, 3.63) is 0 Å². The van der Waals surface area contributed by atoms with Crippen LogP contribution in [0.4, 0.5) is 0 Å². The van der Waals surface area contributed by atoms with Crippen LogP contribution in [0.5, 0.6) is 0 Å². The summed E-state index contributed by atoms with van der Waals surface area (Å²) < 4.78 is 0. The van der Waals surface area contributed by atoms with Gasteiger partial charge in [-0.3, -0.25) is 0 Å². The van der Waals surface area contributed by atoms with E-state index in [1.165, 1.54) is 140 Å². The van der Waals surface area contributed by atoms with E-state index in [0.717, 1.165) is 47.3 Å². The molecule has 0 radical (unpaired) electrons. The van der Waals surface area contributed by atoms with Crippen molar-refractivity contribution in [3.8, 4) is 0 Å². The molecule has 0 unspecified atom stereocenters. The van der Waals surface area contributed by atoms with E-state index < -0.39 is 0 Å². The summed E-state index contributed by atoms with van der Waals surface area (Å²) in [6, 6.07) is 0. The van der Waals surface area contributed by atoms with Crippen LogP contribution in [0.15, 0.2) is 10.2 Å². The quantitative estimate of drug-likeness (QED) is 0.293. The van der Waals surface area contributed by atoms with Crippen LogP contribution < -0.4 is 0 Å². The predicted molar refractivity (Wildman–Crippen MR) is 168 cm³/mol. The molecule has 0 bridgehead atoms. The first-order valence-electron chi connectivity index (χ1n) is 18.4. The highest BCUT2D eigenvalue weighted by molar-refractivity contribution is 5.95. The van der Waals surface area contributed by atoms with Gasteiger partial charge in [0.25, 0.3) is 0 Å². The molecule has 2 heteroatoms. The molecule has 0 N–H and O–H groups in total. The van der Waals surface area contributed by atoms with Crippen LogP contribution in [0.25, 0.3) is 0 Å². The van der Waals surface area contributed by atoms with E-state index >= 15 is 0 Å². The highest BCUT2D eigenvalue weighted by Gasteiger charge is 2.61. The number of rotatable bonds is 1. The third-order valence-electron chi connectivity index (χ3n) is 16.9. The number of hydrogen-bond donors (Lipinski definition) is 0. The standard InChI is InChI=1S/C38H60N2/c1-35-21-7-5-9-25(35)11-13-27-29-15-17-33(37(29,3)23-19-31(27)35)39-40-34-18-16-30-28-14-12-26-10-6-8-22-36(26,2)32(28)20-24-38(30,34)4/h25-32H,5-24H2,1-4H3/b39-33-,40-34-/t25-,26+,27-,28+,29-,30-,31-,32-,35-,36-,37-,38+/m0/s1. The van der Waals surface area contributed by atoms with E-state index in [0.29, 0.717) is 21.7 Å². The molecule has 40 heavy (non-hydrogen) atoms.